The summed E-state index contributed by atoms with van der Waals surface area (Å²) in [5.74, 6) is 0.326. The first-order valence-electron chi connectivity index (χ1n) is 5.45. The molecule has 1 aromatic heterocycles. The minimum absolute atomic E-state index is 0.0293. The first-order valence-corrected chi connectivity index (χ1v) is 8.34. The van der Waals surface area contributed by atoms with Gasteiger partial charge in [0.1, 0.15) is 0 Å². The molecule has 0 fully saturated rings. The quantitative estimate of drug-likeness (QED) is 0.605. The van der Waals surface area contributed by atoms with Gasteiger partial charge in [0.05, 0.1) is 15.7 Å². The van der Waals surface area contributed by atoms with Crippen molar-refractivity contribution in [2.45, 2.75) is 11.1 Å². The number of nitrogen functional groups attached to an aromatic ring is 1. The second kappa shape index (κ2) is 6.58. The molecule has 7 heteroatoms. The molecule has 2 rings (SSSR count). The van der Waals surface area contributed by atoms with Crippen molar-refractivity contribution in [2.75, 3.05) is 16.8 Å². The number of aryl methyl sites for hydroxylation is 1. The normalized spacial score (nSPS) is 10.4. The van der Waals surface area contributed by atoms with Gasteiger partial charge in [-0.15, -0.1) is 11.8 Å². The number of carbonyl (C=O) groups is 1. The number of nitrogens with two attached hydrogens (primary N) is 1. The van der Waals surface area contributed by atoms with Crippen LogP contribution in [0.15, 0.2) is 28.5 Å². The number of amides is 1. The van der Waals surface area contributed by atoms with Crippen LogP contribution in [0, 0.1) is 10.5 Å². The van der Waals surface area contributed by atoms with Crippen LogP contribution in [-0.4, -0.2) is 16.6 Å². The van der Waals surface area contributed by atoms with Gasteiger partial charge in [-0.05, 0) is 47.7 Å². The Hall–Kier alpha value is -0.800. The highest BCUT2D eigenvalue weighted by Gasteiger charge is 2.09. The third-order valence-electron chi connectivity index (χ3n) is 2.21. The summed E-state index contributed by atoms with van der Waals surface area (Å²) >= 11 is 5.09. The van der Waals surface area contributed by atoms with Crippen molar-refractivity contribution in [1.29, 1.82) is 0 Å². The number of thiazole rings is 1. The summed E-state index contributed by atoms with van der Waals surface area (Å²) < 4.78 is 2.09. The Labute approximate surface area is 133 Å². The Morgan fingerprint density at radius 2 is 2.37 bits per heavy atom. The second-order valence-electron chi connectivity index (χ2n) is 3.77. The van der Waals surface area contributed by atoms with Crippen molar-refractivity contribution in [2.24, 2.45) is 0 Å². The molecule has 3 N–H and O–H groups in total. The molecule has 0 spiro atoms. The molecule has 1 heterocycles. The molecule has 1 amide bonds. The summed E-state index contributed by atoms with van der Waals surface area (Å²) in [5.41, 5.74) is 7.32. The van der Waals surface area contributed by atoms with Crippen LogP contribution in [0.2, 0.25) is 0 Å². The van der Waals surface area contributed by atoms with Gasteiger partial charge in [-0.25, -0.2) is 4.98 Å². The molecule has 2 aromatic rings. The number of benzene rings is 1. The lowest BCUT2D eigenvalue weighted by atomic mass is 10.3. The topological polar surface area (TPSA) is 68.0 Å². The Morgan fingerprint density at radius 1 is 1.58 bits per heavy atom. The van der Waals surface area contributed by atoms with Crippen LogP contribution in [0.25, 0.3) is 0 Å². The minimum Gasteiger partial charge on any atom is -0.375 e. The largest absolute Gasteiger partial charge is 0.375 e. The summed E-state index contributed by atoms with van der Waals surface area (Å²) in [7, 11) is 0. The lowest BCUT2D eigenvalue weighted by Gasteiger charge is -2.04. The smallest absolute Gasteiger partial charge is 0.234 e. The highest BCUT2D eigenvalue weighted by atomic mass is 127. The standard InChI is InChI=1S/C12H12IN3OS2/c1-7-11(19-12(14)15-7)18-6-10(17)16-9-4-2-3-8(13)5-9/h2-5H,6H2,1H3,(H2,14,15)(H,16,17). The molecule has 0 radical (unpaired) electrons. The van der Waals surface area contributed by atoms with Crippen molar-refractivity contribution in [3.8, 4) is 0 Å². The number of halogens is 1. The van der Waals surface area contributed by atoms with Crippen LogP contribution in [0.5, 0.6) is 0 Å². The molecule has 0 unspecified atom stereocenters. The number of hydrogen-bond acceptors (Lipinski definition) is 5. The molecule has 0 aliphatic heterocycles. The summed E-state index contributed by atoms with van der Waals surface area (Å²) in [6.45, 7) is 1.90. The number of hydrogen-bond donors (Lipinski definition) is 2. The van der Waals surface area contributed by atoms with Gasteiger partial charge in [-0.2, -0.15) is 0 Å². The molecule has 0 saturated heterocycles. The molecular formula is C12H12IN3OS2. The Bertz CT molecular complexity index is 600. The lowest BCUT2D eigenvalue weighted by molar-refractivity contribution is -0.113. The third-order valence-corrected chi connectivity index (χ3v) is 5.23. The minimum atomic E-state index is -0.0293. The van der Waals surface area contributed by atoms with E-state index in [1.54, 1.807) is 0 Å². The molecule has 0 atom stereocenters. The second-order valence-corrected chi connectivity index (χ2v) is 7.29. The van der Waals surface area contributed by atoms with Gasteiger partial charge in [-0.3, -0.25) is 4.79 Å². The highest BCUT2D eigenvalue weighted by Crippen LogP contribution is 2.30. The zero-order valence-corrected chi connectivity index (χ0v) is 13.9. The molecule has 0 aliphatic rings. The van der Waals surface area contributed by atoms with Gasteiger partial charge in [-0.1, -0.05) is 17.4 Å². The van der Waals surface area contributed by atoms with E-state index in [-0.39, 0.29) is 5.91 Å². The van der Waals surface area contributed by atoms with Crippen LogP contribution in [0.4, 0.5) is 10.8 Å². The molecule has 100 valence electrons. The van der Waals surface area contributed by atoms with E-state index in [2.05, 4.69) is 32.9 Å². The number of nitrogens with one attached hydrogen (secondary N) is 1. The van der Waals surface area contributed by atoms with Crippen LogP contribution in [-0.2, 0) is 4.79 Å². The van der Waals surface area contributed by atoms with E-state index < -0.39 is 0 Å². The van der Waals surface area contributed by atoms with E-state index in [0.717, 1.165) is 19.2 Å². The maximum Gasteiger partial charge on any atom is 0.234 e. The van der Waals surface area contributed by atoms with Crippen LogP contribution in [0.3, 0.4) is 0 Å². The van der Waals surface area contributed by atoms with E-state index in [1.165, 1.54) is 23.1 Å². The van der Waals surface area contributed by atoms with Crippen molar-refractivity contribution in [3.63, 3.8) is 0 Å². The van der Waals surface area contributed by atoms with Gasteiger partial charge >= 0.3 is 0 Å². The molecule has 0 aliphatic carbocycles. The summed E-state index contributed by atoms with van der Waals surface area (Å²) in [4.78, 5) is 16.0. The van der Waals surface area contributed by atoms with Crippen LogP contribution in [0.1, 0.15) is 5.69 Å². The summed E-state index contributed by atoms with van der Waals surface area (Å²) in [5, 5.41) is 3.41. The predicted molar refractivity (Wildman–Crippen MR) is 89.8 cm³/mol. The number of carbonyl (C=O) groups excluding carboxylic acids is 1. The number of rotatable bonds is 4. The van der Waals surface area contributed by atoms with Crippen molar-refractivity contribution >= 4 is 62.4 Å². The lowest BCUT2D eigenvalue weighted by Crippen LogP contribution is -2.13. The molecule has 1 aromatic carbocycles. The maximum absolute atomic E-state index is 11.8. The number of anilines is 2. The fraction of sp³-hybridized carbons (Fsp3) is 0.167. The Morgan fingerprint density at radius 3 is 3.00 bits per heavy atom. The van der Waals surface area contributed by atoms with Crippen LogP contribution >= 0.6 is 45.7 Å². The van der Waals surface area contributed by atoms with E-state index in [9.17, 15) is 4.79 Å². The zero-order chi connectivity index (χ0) is 13.8. The fourth-order valence-corrected chi connectivity index (χ4v) is 3.80. The van der Waals surface area contributed by atoms with E-state index >= 15 is 0 Å². The van der Waals surface area contributed by atoms with Crippen molar-refractivity contribution < 1.29 is 4.79 Å². The van der Waals surface area contributed by atoms with E-state index in [1.807, 2.05) is 31.2 Å². The average molecular weight is 405 g/mol. The van der Waals surface area contributed by atoms with Gasteiger partial charge < -0.3 is 11.1 Å². The van der Waals surface area contributed by atoms with Gasteiger partial charge in [0.15, 0.2) is 5.13 Å². The van der Waals surface area contributed by atoms with Crippen molar-refractivity contribution in [1.82, 2.24) is 4.98 Å². The molecule has 4 nitrogen and oxygen atoms in total. The highest BCUT2D eigenvalue weighted by molar-refractivity contribution is 14.1. The monoisotopic (exact) mass is 405 g/mol. The first-order chi connectivity index (χ1) is 9.04. The number of nitrogens with zero attached hydrogens (tertiary/aromatic N) is 1. The third kappa shape index (κ3) is 4.36. The van der Waals surface area contributed by atoms with Gasteiger partial charge in [0.25, 0.3) is 0 Å². The molecular weight excluding hydrogens is 393 g/mol. The zero-order valence-electron chi connectivity index (χ0n) is 10.1. The SMILES string of the molecule is Cc1nc(N)sc1SCC(=O)Nc1cccc(I)c1. The fourth-order valence-electron chi connectivity index (χ4n) is 1.43. The Balaban J connectivity index is 1.90. The summed E-state index contributed by atoms with van der Waals surface area (Å²) in [6, 6.07) is 7.70. The van der Waals surface area contributed by atoms with Crippen molar-refractivity contribution in [3.05, 3.63) is 33.5 Å². The van der Waals surface area contributed by atoms with Gasteiger partial charge in [0.2, 0.25) is 5.91 Å². The van der Waals surface area contributed by atoms with E-state index in [4.69, 9.17) is 5.73 Å². The van der Waals surface area contributed by atoms with Gasteiger partial charge in [0, 0.05) is 9.26 Å². The number of aromatic nitrogens is 1. The Kier molecular flexibility index (Phi) is 5.06. The average Bonchev–Trinajstić information content (AvgIpc) is 2.65. The molecule has 19 heavy (non-hydrogen) atoms. The summed E-state index contributed by atoms with van der Waals surface area (Å²) in [6.07, 6.45) is 0. The van der Waals surface area contributed by atoms with Crippen LogP contribution < -0.4 is 11.1 Å². The molecule has 0 saturated carbocycles. The molecule has 0 bridgehead atoms. The maximum atomic E-state index is 11.8. The van der Waals surface area contributed by atoms with E-state index in [0.29, 0.717) is 10.9 Å². The number of thioether (sulfide) groups is 1. The predicted octanol–water partition coefficient (Wildman–Crippen LogP) is 3.37. The first kappa shape index (κ1) is 14.6.